The van der Waals surface area contributed by atoms with E-state index in [0.29, 0.717) is 28.3 Å². The largest absolute Gasteiger partial charge is 0.337 e. The third kappa shape index (κ3) is 3.76. The van der Waals surface area contributed by atoms with Crippen molar-refractivity contribution < 1.29 is 9.18 Å². The molecule has 38 heavy (non-hydrogen) atoms. The van der Waals surface area contributed by atoms with Gasteiger partial charge >= 0.3 is 0 Å². The molecule has 0 unspecified atom stereocenters. The van der Waals surface area contributed by atoms with Gasteiger partial charge in [0.05, 0.1) is 40.0 Å². The number of anilines is 1. The maximum Gasteiger partial charge on any atom is 0.227 e. The number of benzene rings is 1. The van der Waals surface area contributed by atoms with Crippen LogP contribution >= 0.6 is 11.3 Å². The Hall–Kier alpha value is -4.44. The summed E-state index contributed by atoms with van der Waals surface area (Å²) in [5.74, 6) is -0.0718. The van der Waals surface area contributed by atoms with Gasteiger partial charge in [0.25, 0.3) is 0 Å². The Morgan fingerprint density at radius 2 is 2.00 bits per heavy atom. The Kier molecular flexibility index (Phi) is 5.29. The van der Waals surface area contributed by atoms with Crippen molar-refractivity contribution in [3.8, 4) is 33.2 Å². The van der Waals surface area contributed by atoms with E-state index in [1.807, 2.05) is 18.2 Å². The molecule has 0 radical (unpaired) electrons. The molecule has 0 spiro atoms. The lowest BCUT2D eigenvalue weighted by molar-refractivity contribution is -0.122. The second-order valence-electron chi connectivity index (χ2n) is 9.56. The summed E-state index contributed by atoms with van der Waals surface area (Å²) >= 11 is 1.70. The zero-order chi connectivity index (χ0) is 25.8. The Bertz CT molecular complexity index is 1850. The molecule has 5 heterocycles. The van der Waals surface area contributed by atoms with Gasteiger partial charge in [-0.25, -0.2) is 9.37 Å². The molecule has 3 N–H and O–H groups in total. The van der Waals surface area contributed by atoms with Gasteiger partial charge < -0.3 is 10.3 Å². The number of carbonyl (C=O) groups is 1. The molecule has 1 fully saturated rings. The first-order valence-electron chi connectivity index (χ1n) is 12.4. The van der Waals surface area contributed by atoms with Crippen LogP contribution in [0.3, 0.4) is 0 Å². The maximum atomic E-state index is 16.0. The maximum absolute atomic E-state index is 16.0. The Morgan fingerprint density at radius 1 is 1.11 bits per heavy atom. The first kappa shape index (κ1) is 22.7. The van der Waals surface area contributed by atoms with E-state index in [1.54, 1.807) is 29.8 Å². The summed E-state index contributed by atoms with van der Waals surface area (Å²) in [6.45, 7) is 2.07. The fourth-order valence-corrected chi connectivity index (χ4v) is 5.72. The van der Waals surface area contributed by atoms with Crippen molar-refractivity contribution in [3.63, 3.8) is 0 Å². The minimum Gasteiger partial charge on any atom is -0.337 e. The quantitative estimate of drug-likeness (QED) is 0.239. The Labute approximate surface area is 220 Å². The number of hydrogen-bond acceptors (Lipinski definition) is 6. The molecule has 0 aliphatic heterocycles. The number of rotatable bonds is 5. The molecule has 0 bridgehead atoms. The molecule has 1 saturated carbocycles. The zero-order valence-corrected chi connectivity index (χ0v) is 21.2. The van der Waals surface area contributed by atoms with Crippen molar-refractivity contribution in [2.75, 3.05) is 5.32 Å². The third-order valence-electron chi connectivity index (χ3n) is 7.04. The highest BCUT2D eigenvalue weighted by Gasteiger charge is 2.26. The number of amides is 1. The average molecular weight is 524 g/mol. The van der Waals surface area contributed by atoms with Crippen LogP contribution in [0.2, 0.25) is 0 Å². The van der Waals surface area contributed by atoms with E-state index in [2.05, 4.69) is 49.5 Å². The lowest BCUT2D eigenvalue weighted by atomic mass is 9.85. The van der Waals surface area contributed by atoms with Crippen LogP contribution in [0.1, 0.15) is 24.1 Å². The third-order valence-corrected chi connectivity index (χ3v) is 8.08. The average Bonchev–Trinajstić information content (AvgIpc) is 3.61. The SMILES string of the molecule is Cc1ccc(-c2cccc3[nH]c(-c4n[nH]c5cnc(-c6cncc(NC(=O)C7CCC7)c6)c(F)c45)nc23)s1. The number of imidazole rings is 1. The van der Waals surface area contributed by atoms with Crippen LogP contribution in [0.4, 0.5) is 10.1 Å². The molecular weight excluding hydrogens is 501 g/mol. The molecule has 0 saturated heterocycles. The normalized spacial score (nSPS) is 13.7. The number of carbonyl (C=O) groups excluding carboxylic acids is 1. The molecule has 0 atom stereocenters. The van der Waals surface area contributed by atoms with Gasteiger partial charge in [-0.1, -0.05) is 18.6 Å². The predicted molar refractivity (Wildman–Crippen MR) is 146 cm³/mol. The monoisotopic (exact) mass is 523 g/mol. The molecule has 8 nitrogen and oxygen atoms in total. The second kappa shape index (κ2) is 8.84. The fraction of sp³-hybridized carbons (Fsp3) is 0.179. The number of fused-ring (bicyclic) bond motifs is 2. The minimum atomic E-state index is -0.537. The van der Waals surface area contributed by atoms with E-state index in [-0.39, 0.29) is 22.9 Å². The van der Waals surface area contributed by atoms with Crippen LogP contribution in [-0.4, -0.2) is 36.0 Å². The minimum absolute atomic E-state index is 0.0295. The topological polar surface area (TPSA) is 112 Å². The van der Waals surface area contributed by atoms with Crippen LogP contribution in [-0.2, 0) is 4.79 Å². The van der Waals surface area contributed by atoms with Gasteiger partial charge in [0.1, 0.15) is 11.4 Å². The predicted octanol–water partition coefficient (Wildman–Crippen LogP) is 6.48. The second-order valence-corrected chi connectivity index (χ2v) is 10.8. The van der Waals surface area contributed by atoms with Gasteiger partial charge in [-0.15, -0.1) is 11.3 Å². The Morgan fingerprint density at radius 3 is 2.79 bits per heavy atom. The van der Waals surface area contributed by atoms with E-state index in [9.17, 15) is 4.79 Å². The first-order chi connectivity index (χ1) is 18.5. The van der Waals surface area contributed by atoms with Gasteiger partial charge in [-0.05, 0) is 44.0 Å². The van der Waals surface area contributed by atoms with Crippen LogP contribution in [0, 0.1) is 18.7 Å². The zero-order valence-electron chi connectivity index (χ0n) is 20.4. The summed E-state index contributed by atoms with van der Waals surface area (Å²) < 4.78 is 16.0. The molecule has 1 aliphatic carbocycles. The fourth-order valence-electron chi connectivity index (χ4n) is 4.82. The molecule has 7 rings (SSSR count). The molecule has 1 amide bonds. The number of aryl methyl sites for hydroxylation is 1. The number of aromatic nitrogens is 6. The van der Waals surface area contributed by atoms with Gasteiger partial charge in [-0.2, -0.15) is 5.10 Å². The van der Waals surface area contributed by atoms with E-state index in [0.717, 1.165) is 40.7 Å². The van der Waals surface area contributed by atoms with Crippen LogP contribution in [0.5, 0.6) is 0 Å². The van der Waals surface area contributed by atoms with Gasteiger partial charge in [0.15, 0.2) is 11.6 Å². The van der Waals surface area contributed by atoms with Crippen molar-refractivity contribution in [2.24, 2.45) is 5.92 Å². The number of nitrogens with one attached hydrogen (secondary N) is 3. The number of pyridine rings is 2. The lowest BCUT2D eigenvalue weighted by Gasteiger charge is -2.24. The van der Waals surface area contributed by atoms with Crippen molar-refractivity contribution in [1.29, 1.82) is 0 Å². The van der Waals surface area contributed by atoms with Gasteiger partial charge in [0.2, 0.25) is 5.91 Å². The van der Waals surface area contributed by atoms with Crippen molar-refractivity contribution in [3.05, 3.63) is 65.7 Å². The highest BCUT2D eigenvalue weighted by molar-refractivity contribution is 7.15. The lowest BCUT2D eigenvalue weighted by Crippen LogP contribution is -2.28. The molecule has 6 aromatic rings. The van der Waals surface area contributed by atoms with Crippen LogP contribution in [0.15, 0.2) is 55.0 Å². The summed E-state index contributed by atoms with van der Waals surface area (Å²) in [5, 5.41) is 10.4. The van der Waals surface area contributed by atoms with Crippen molar-refractivity contribution in [2.45, 2.75) is 26.2 Å². The molecule has 10 heteroatoms. The standard InChI is InChI=1S/C28H22FN7OS/c1-14-8-9-21(38-14)18-6-3-7-19-25(18)34-27(33-19)26-22-20(35-36-26)13-31-24(23(22)29)16-10-17(12-30-11-16)32-28(37)15-4-2-5-15/h3,6-13,15H,2,4-5H2,1H3,(H,32,37)(H,33,34)(H,35,36). The van der Waals surface area contributed by atoms with Crippen LogP contribution < -0.4 is 5.32 Å². The van der Waals surface area contributed by atoms with Gasteiger partial charge in [-0.3, -0.25) is 19.9 Å². The molecular formula is C28H22FN7OS. The highest BCUT2D eigenvalue weighted by atomic mass is 32.1. The van der Waals surface area contributed by atoms with E-state index >= 15 is 4.39 Å². The first-order valence-corrected chi connectivity index (χ1v) is 13.2. The van der Waals surface area contributed by atoms with Crippen LogP contribution in [0.25, 0.3) is 55.2 Å². The number of aromatic amines is 2. The van der Waals surface area contributed by atoms with Gasteiger partial charge in [0, 0.05) is 33.0 Å². The molecule has 188 valence electrons. The number of thiophene rings is 1. The summed E-state index contributed by atoms with van der Waals surface area (Å²) in [6, 6.07) is 11.8. The van der Waals surface area contributed by atoms with Crippen molar-refractivity contribution in [1.82, 2.24) is 30.1 Å². The van der Waals surface area contributed by atoms with E-state index in [1.165, 1.54) is 11.1 Å². The number of halogens is 1. The number of H-pyrrole nitrogens is 2. The molecule has 1 aromatic carbocycles. The van der Waals surface area contributed by atoms with E-state index < -0.39 is 5.82 Å². The highest BCUT2D eigenvalue weighted by Crippen LogP contribution is 2.36. The van der Waals surface area contributed by atoms with E-state index in [4.69, 9.17) is 4.98 Å². The summed E-state index contributed by atoms with van der Waals surface area (Å²) in [6.07, 6.45) is 7.50. The summed E-state index contributed by atoms with van der Waals surface area (Å²) in [5.41, 5.74) is 4.58. The smallest absolute Gasteiger partial charge is 0.227 e. The summed E-state index contributed by atoms with van der Waals surface area (Å²) in [7, 11) is 0. The number of para-hydroxylation sites is 1. The number of nitrogens with zero attached hydrogens (tertiary/aromatic N) is 4. The van der Waals surface area contributed by atoms with Crippen molar-refractivity contribution >= 4 is 44.9 Å². The summed E-state index contributed by atoms with van der Waals surface area (Å²) in [4.78, 5) is 31.4. The molecule has 5 aromatic heterocycles. The Balaban J connectivity index is 1.30. The molecule has 1 aliphatic rings. The number of hydrogen-bond donors (Lipinski definition) is 3.